The van der Waals surface area contributed by atoms with Crippen LogP contribution in [0.25, 0.3) is 10.2 Å². The van der Waals surface area contributed by atoms with E-state index in [1.807, 2.05) is 19.1 Å². The maximum Gasteiger partial charge on any atom is 0.209 e. The Balaban J connectivity index is 0.000000243. The highest BCUT2D eigenvalue weighted by Gasteiger charge is 2.20. The predicted octanol–water partition coefficient (Wildman–Crippen LogP) is 4.52. The molecular formula is C23H27BrN6O2S. The second kappa shape index (κ2) is 10.6. The van der Waals surface area contributed by atoms with Crippen LogP contribution in [-0.4, -0.2) is 53.3 Å². The highest BCUT2D eigenvalue weighted by Crippen LogP contribution is 2.39. The first-order chi connectivity index (χ1) is 16.0. The number of hydrogen-bond acceptors (Lipinski definition) is 8. The summed E-state index contributed by atoms with van der Waals surface area (Å²) in [6.07, 6.45) is 8.65. The third-order valence-corrected chi connectivity index (χ3v) is 7.61. The molecule has 5 rings (SSSR count). The number of hydrogen-bond donors (Lipinski definition) is 3. The second-order valence-corrected chi connectivity index (χ2v) is 10.1. The van der Waals surface area contributed by atoms with Crippen molar-refractivity contribution in [2.75, 3.05) is 30.7 Å². The predicted molar refractivity (Wildman–Crippen MR) is 137 cm³/mol. The molecule has 33 heavy (non-hydrogen) atoms. The minimum absolute atomic E-state index is 0.212. The molecule has 4 N–H and O–H groups in total. The van der Waals surface area contributed by atoms with Gasteiger partial charge >= 0.3 is 0 Å². The van der Waals surface area contributed by atoms with E-state index in [9.17, 15) is 4.79 Å². The fraction of sp³-hybridized carbons (Fsp3) is 0.391. The van der Waals surface area contributed by atoms with Gasteiger partial charge in [0.15, 0.2) is 0 Å². The summed E-state index contributed by atoms with van der Waals surface area (Å²) in [4.78, 5) is 23.3. The lowest BCUT2D eigenvalue weighted by molar-refractivity contribution is -0.124. The topological polar surface area (TPSA) is 117 Å². The highest BCUT2D eigenvalue weighted by atomic mass is 79.9. The number of morpholine rings is 1. The summed E-state index contributed by atoms with van der Waals surface area (Å²) in [5, 5.41) is 12.0. The zero-order valence-corrected chi connectivity index (χ0v) is 20.8. The third kappa shape index (κ3) is 5.34. The van der Waals surface area contributed by atoms with Gasteiger partial charge in [-0.3, -0.25) is 4.79 Å². The smallest absolute Gasteiger partial charge is 0.209 e. The number of nitrogens with two attached hydrogens (primary N) is 1. The van der Waals surface area contributed by atoms with Crippen molar-refractivity contribution in [2.24, 2.45) is 0 Å². The monoisotopic (exact) mass is 530 g/mol. The van der Waals surface area contributed by atoms with E-state index in [0.717, 1.165) is 58.5 Å². The largest absolute Gasteiger partial charge is 0.398 e. The zero-order chi connectivity index (χ0) is 23.4. The molecule has 0 radical (unpaired) electrons. The first-order valence-corrected chi connectivity index (χ1v) is 12.5. The van der Waals surface area contributed by atoms with Crippen molar-refractivity contribution in [1.29, 1.82) is 5.41 Å². The van der Waals surface area contributed by atoms with E-state index in [-0.39, 0.29) is 6.10 Å². The number of carbonyl (C=O) groups excluding carboxylic acids is 1. The summed E-state index contributed by atoms with van der Waals surface area (Å²) >= 11 is 5.32. The third-order valence-electron chi connectivity index (χ3n) is 5.75. The number of ether oxygens (including phenoxy) is 1. The van der Waals surface area contributed by atoms with Gasteiger partial charge in [0.2, 0.25) is 6.41 Å². The second-order valence-electron chi connectivity index (χ2n) is 8.13. The fourth-order valence-corrected chi connectivity index (χ4v) is 5.77. The Bertz CT molecular complexity index is 1170. The molecule has 1 atom stereocenters. The summed E-state index contributed by atoms with van der Waals surface area (Å²) < 4.78 is 6.06. The number of nitrogens with one attached hydrogen (secondary N) is 2. The summed E-state index contributed by atoms with van der Waals surface area (Å²) in [6, 6.07) is 3.67. The summed E-state index contributed by atoms with van der Waals surface area (Å²) in [5.74, 6) is 0.820. The lowest BCUT2D eigenvalue weighted by Crippen LogP contribution is -2.39. The van der Waals surface area contributed by atoms with Crippen molar-refractivity contribution >= 4 is 67.3 Å². The summed E-state index contributed by atoms with van der Waals surface area (Å²) in [7, 11) is 0. The molecule has 10 heteroatoms. The van der Waals surface area contributed by atoms with Crippen molar-refractivity contribution in [3.8, 4) is 0 Å². The minimum Gasteiger partial charge on any atom is -0.398 e. The molecule has 1 aliphatic heterocycles. The molecule has 3 heterocycles. The van der Waals surface area contributed by atoms with E-state index in [1.54, 1.807) is 22.6 Å². The van der Waals surface area contributed by atoms with Crippen molar-refractivity contribution < 1.29 is 9.53 Å². The SMILES string of the molecule is CC1CN(C=O)CCO1.N=Cc1cc(Nc2ncnc3sc4c(c23)CCCC4)c(Br)cc1N. The van der Waals surface area contributed by atoms with E-state index in [4.69, 9.17) is 15.9 Å². The molecule has 1 saturated heterocycles. The van der Waals surface area contributed by atoms with Gasteiger partial charge in [0.25, 0.3) is 0 Å². The number of rotatable bonds is 4. The van der Waals surface area contributed by atoms with Crippen LogP contribution in [-0.2, 0) is 22.4 Å². The van der Waals surface area contributed by atoms with Gasteiger partial charge in [0.1, 0.15) is 17.0 Å². The van der Waals surface area contributed by atoms with Gasteiger partial charge < -0.3 is 26.1 Å². The van der Waals surface area contributed by atoms with Crippen molar-refractivity contribution in [2.45, 2.75) is 38.7 Å². The van der Waals surface area contributed by atoms with Gasteiger partial charge in [-0.2, -0.15) is 0 Å². The maximum absolute atomic E-state index is 10.2. The average molecular weight is 531 g/mol. The van der Waals surface area contributed by atoms with Crippen LogP contribution in [0.15, 0.2) is 22.9 Å². The summed E-state index contributed by atoms with van der Waals surface area (Å²) in [5.41, 5.74) is 9.42. The van der Waals surface area contributed by atoms with Crippen LogP contribution < -0.4 is 11.1 Å². The Morgan fingerprint density at radius 1 is 1.33 bits per heavy atom. The minimum atomic E-state index is 0.212. The van der Waals surface area contributed by atoms with Gasteiger partial charge in [-0.05, 0) is 66.2 Å². The van der Waals surface area contributed by atoms with Gasteiger partial charge in [-0.25, -0.2) is 9.97 Å². The van der Waals surface area contributed by atoms with Crippen LogP contribution in [0.5, 0.6) is 0 Å². The Morgan fingerprint density at radius 3 is 2.88 bits per heavy atom. The first-order valence-electron chi connectivity index (χ1n) is 10.9. The number of fused-ring (bicyclic) bond motifs is 3. The number of thiophene rings is 1. The highest BCUT2D eigenvalue weighted by molar-refractivity contribution is 9.10. The molecular weight excluding hydrogens is 504 g/mol. The number of carbonyl (C=O) groups is 1. The lowest BCUT2D eigenvalue weighted by Gasteiger charge is -2.27. The normalized spacial score (nSPS) is 17.6. The lowest BCUT2D eigenvalue weighted by atomic mass is 9.97. The van der Waals surface area contributed by atoms with Gasteiger partial charge in [-0.1, -0.05) is 0 Å². The van der Waals surface area contributed by atoms with E-state index in [0.29, 0.717) is 17.9 Å². The molecule has 174 valence electrons. The molecule has 0 bridgehead atoms. The molecule has 2 aliphatic rings. The number of halogens is 1. The Hall–Kier alpha value is -2.56. The number of nitrogen functional groups attached to an aromatic ring is 1. The first kappa shape index (κ1) is 23.6. The standard InChI is InChI=1S/C17H16BrN5S.C6H11NO2/c18-11-6-12(20)9(7-19)5-13(11)23-16-15-10-3-1-2-4-14(10)24-17(15)22-8-21-16;1-6-4-7(5-8)2-3-9-6/h5-8,19H,1-4,20H2,(H,21,22,23);5-6H,2-4H2,1H3. The van der Waals surface area contributed by atoms with E-state index < -0.39 is 0 Å². The number of benzene rings is 1. The van der Waals surface area contributed by atoms with Crippen LogP contribution >= 0.6 is 27.3 Å². The Kier molecular flexibility index (Phi) is 7.56. The molecule has 0 spiro atoms. The van der Waals surface area contributed by atoms with Crippen molar-refractivity contribution in [3.63, 3.8) is 0 Å². The molecule has 2 aromatic heterocycles. The molecule has 3 aromatic rings. The van der Waals surface area contributed by atoms with E-state index >= 15 is 0 Å². The quantitative estimate of drug-likeness (QED) is 0.259. The van der Waals surface area contributed by atoms with Crippen LogP contribution in [0.4, 0.5) is 17.2 Å². The van der Waals surface area contributed by atoms with Crippen molar-refractivity contribution in [3.05, 3.63) is 38.9 Å². The van der Waals surface area contributed by atoms with Crippen molar-refractivity contribution in [1.82, 2.24) is 14.9 Å². The molecule has 0 saturated carbocycles. The summed E-state index contributed by atoms with van der Waals surface area (Å²) in [6.45, 7) is 4.13. The Labute approximate surface area is 205 Å². The van der Waals surface area contributed by atoms with Gasteiger partial charge in [0.05, 0.1) is 23.8 Å². The number of aryl methyl sites for hydroxylation is 2. The number of nitrogens with zero attached hydrogens (tertiary/aromatic N) is 3. The van der Waals surface area contributed by atoms with Crippen LogP contribution in [0.1, 0.15) is 35.8 Å². The maximum atomic E-state index is 10.2. The zero-order valence-electron chi connectivity index (χ0n) is 18.4. The average Bonchev–Trinajstić information content (AvgIpc) is 3.21. The number of anilines is 3. The Morgan fingerprint density at radius 2 is 2.15 bits per heavy atom. The van der Waals surface area contributed by atoms with Crippen LogP contribution in [0.2, 0.25) is 0 Å². The molecule has 1 amide bonds. The number of aromatic nitrogens is 2. The molecule has 1 fully saturated rings. The molecule has 1 aromatic carbocycles. The fourth-order valence-electron chi connectivity index (χ4n) is 4.08. The number of amides is 1. The van der Waals surface area contributed by atoms with E-state index in [2.05, 4.69) is 31.2 Å². The van der Waals surface area contributed by atoms with Crippen LogP contribution in [0.3, 0.4) is 0 Å². The molecule has 8 nitrogen and oxygen atoms in total. The van der Waals surface area contributed by atoms with Crippen LogP contribution in [0, 0.1) is 5.41 Å². The van der Waals surface area contributed by atoms with E-state index in [1.165, 1.54) is 29.5 Å². The van der Waals surface area contributed by atoms with Gasteiger partial charge in [0, 0.05) is 39.9 Å². The molecule has 1 aliphatic carbocycles. The van der Waals surface area contributed by atoms with Gasteiger partial charge in [-0.15, -0.1) is 11.3 Å². The molecule has 1 unspecified atom stereocenters.